The Morgan fingerprint density at radius 2 is 1.95 bits per heavy atom. The van der Waals surface area contributed by atoms with Gasteiger partial charge in [0.05, 0.1) is 0 Å². The van der Waals surface area contributed by atoms with Gasteiger partial charge in [0, 0.05) is 25.2 Å². The van der Waals surface area contributed by atoms with Crippen molar-refractivity contribution in [1.82, 2.24) is 10.6 Å². The van der Waals surface area contributed by atoms with E-state index >= 15 is 0 Å². The molecule has 4 N–H and O–H groups in total. The Kier molecular flexibility index (Phi) is 8.04. The van der Waals surface area contributed by atoms with E-state index in [2.05, 4.69) is 29.5 Å². The molecule has 1 aromatic carbocycles. The van der Waals surface area contributed by atoms with Crippen LogP contribution in [0.3, 0.4) is 0 Å². The number of rotatable bonds is 8. The fourth-order valence-electron chi connectivity index (χ4n) is 2.17. The second kappa shape index (κ2) is 9.82. The molecule has 0 aliphatic rings. The molecule has 0 fully saturated rings. The summed E-state index contributed by atoms with van der Waals surface area (Å²) in [6.45, 7) is 5.03. The first-order valence-electron chi connectivity index (χ1n) is 7.92. The summed E-state index contributed by atoms with van der Waals surface area (Å²) in [5, 5.41) is 6.67. The summed E-state index contributed by atoms with van der Waals surface area (Å²) in [4.78, 5) is 15.3. The summed E-state index contributed by atoms with van der Waals surface area (Å²) in [5.74, 6) is 0.390. The summed E-state index contributed by atoms with van der Waals surface area (Å²) < 4.78 is 0. The first-order chi connectivity index (χ1) is 10.6. The molecule has 1 atom stereocenters. The maximum atomic E-state index is 11.0. The molecule has 0 spiro atoms. The third-order valence-electron chi connectivity index (χ3n) is 3.55. The van der Waals surface area contributed by atoms with E-state index in [-0.39, 0.29) is 0 Å². The van der Waals surface area contributed by atoms with E-state index in [1.165, 1.54) is 19.3 Å². The number of nitrogens with two attached hydrogens (primary N) is 1. The largest absolute Gasteiger partial charge is 0.366 e. The van der Waals surface area contributed by atoms with Crippen LogP contribution < -0.4 is 16.4 Å². The highest BCUT2D eigenvalue weighted by molar-refractivity contribution is 5.92. The lowest BCUT2D eigenvalue weighted by atomic mass is 10.1. The topological polar surface area (TPSA) is 79.5 Å². The third-order valence-corrected chi connectivity index (χ3v) is 3.55. The van der Waals surface area contributed by atoms with Crippen LogP contribution in [-0.4, -0.2) is 25.0 Å². The van der Waals surface area contributed by atoms with Gasteiger partial charge in [-0.25, -0.2) is 0 Å². The van der Waals surface area contributed by atoms with Gasteiger partial charge < -0.3 is 16.4 Å². The van der Waals surface area contributed by atoms with Crippen LogP contribution in [0, 0.1) is 0 Å². The van der Waals surface area contributed by atoms with Crippen LogP contribution in [-0.2, 0) is 6.54 Å². The van der Waals surface area contributed by atoms with Gasteiger partial charge >= 0.3 is 0 Å². The number of nitrogens with zero attached hydrogens (tertiary/aromatic N) is 1. The minimum absolute atomic E-state index is 0.398. The average molecular weight is 304 g/mol. The lowest BCUT2D eigenvalue weighted by Gasteiger charge is -2.18. The molecule has 1 unspecified atom stereocenters. The van der Waals surface area contributed by atoms with Gasteiger partial charge in [0.1, 0.15) is 0 Å². The predicted octanol–water partition coefficient (Wildman–Crippen LogP) is 2.42. The van der Waals surface area contributed by atoms with Crippen molar-refractivity contribution in [3.8, 4) is 0 Å². The van der Waals surface area contributed by atoms with Crippen molar-refractivity contribution in [2.75, 3.05) is 7.05 Å². The van der Waals surface area contributed by atoms with E-state index in [4.69, 9.17) is 5.73 Å². The molecule has 0 radical (unpaired) electrons. The van der Waals surface area contributed by atoms with E-state index < -0.39 is 5.91 Å². The molecule has 1 amide bonds. The highest BCUT2D eigenvalue weighted by Crippen LogP contribution is 2.04. The number of guanidine groups is 1. The predicted molar refractivity (Wildman–Crippen MR) is 91.9 cm³/mol. The van der Waals surface area contributed by atoms with Crippen molar-refractivity contribution in [2.45, 2.75) is 52.1 Å². The number of benzene rings is 1. The van der Waals surface area contributed by atoms with Gasteiger partial charge in [-0.15, -0.1) is 0 Å². The normalized spacial score (nSPS) is 12.8. The lowest BCUT2D eigenvalue weighted by molar-refractivity contribution is 0.100. The maximum Gasteiger partial charge on any atom is 0.248 e. The first-order valence-corrected chi connectivity index (χ1v) is 7.92. The molecule has 5 nitrogen and oxygen atoms in total. The fourth-order valence-corrected chi connectivity index (χ4v) is 2.17. The highest BCUT2D eigenvalue weighted by atomic mass is 16.1. The van der Waals surface area contributed by atoms with E-state index in [0.29, 0.717) is 18.2 Å². The zero-order chi connectivity index (χ0) is 16.4. The molecule has 0 aromatic heterocycles. The van der Waals surface area contributed by atoms with Crippen LogP contribution in [0.4, 0.5) is 0 Å². The van der Waals surface area contributed by atoms with Gasteiger partial charge in [0.2, 0.25) is 5.91 Å². The summed E-state index contributed by atoms with van der Waals surface area (Å²) in [7, 11) is 1.77. The Balaban J connectivity index is 2.41. The quantitative estimate of drug-likeness (QED) is 0.392. The van der Waals surface area contributed by atoms with Gasteiger partial charge in [0.15, 0.2) is 5.96 Å². The second-order valence-electron chi connectivity index (χ2n) is 5.53. The van der Waals surface area contributed by atoms with Crippen molar-refractivity contribution in [3.05, 3.63) is 35.4 Å². The summed E-state index contributed by atoms with van der Waals surface area (Å²) in [5.41, 5.74) is 6.83. The number of hydrogen-bond acceptors (Lipinski definition) is 2. The Labute approximate surface area is 133 Å². The van der Waals surface area contributed by atoms with Crippen molar-refractivity contribution in [1.29, 1.82) is 0 Å². The number of hydrogen-bond donors (Lipinski definition) is 3. The molecular weight excluding hydrogens is 276 g/mol. The van der Waals surface area contributed by atoms with Gasteiger partial charge in [-0.3, -0.25) is 9.79 Å². The summed E-state index contributed by atoms with van der Waals surface area (Å²) >= 11 is 0. The first kappa shape index (κ1) is 18.0. The lowest BCUT2D eigenvalue weighted by Crippen LogP contribution is -2.41. The summed E-state index contributed by atoms with van der Waals surface area (Å²) in [6, 6.07) is 7.66. The van der Waals surface area contributed by atoms with Crippen molar-refractivity contribution in [3.63, 3.8) is 0 Å². The van der Waals surface area contributed by atoms with E-state index in [9.17, 15) is 4.79 Å². The van der Waals surface area contributed by atoms with Crippen LogP contribution in [0.25, 0.3) is 0 Å². The molecule has 0 aliphatic carbocycles. The van der Waals surface area contributed by atoms with Gasteiger partial charge in [-0.1, -0.05) is 38.3 Å². The Bertz CT molecular complexity index is 482. The fraction of sp³-hybridized carbons (Fsp3) is 0.529. The smallest absolute Gasteiger partial charge is 0.248 e. The Morgan fingerprint density at radius 3 is 2.50 bits per heavy atom. The molecule has 22 heavy (non-hydrogen) atoms. The van der Waals surface area contributed by atoms with Crippen LogP contribution in [0.5, 0.6) is 0 Å². The minimum atomic E-state index is -0.405. The summed E-state index contributed by atoms with van der Waals surface area (Å²) in [6.07, 6.45) is 4.88. The molecule has 0 bridgehead atoms. The van der Waals surface area contributed by atoms with E-state index in [1.54, 1.807) is 19.2 Å². The molecular formula is C17H28N4O. The number of carbonyl (C=O) groups excluding carboxylic acids is 1. The highest BCUT2D eigenvalue weighted by Gasteiger charge is 2.05. The van der Waals surface area contributed by atoms with Gasteiger partial charge in [0.25, 0.3) is 0 Å². The molecule has 0 aliphatic heterocycles. The Hall–Kier alpha value is -2.04. The SMILES string of the molecule is CCCCCC(C)NC(=NC)NCc1ccc(C(N)=O)cc1. The third kappa shape index (κ3) is 6.61. The van der Waals surface area contributed by atoms with Crippen LogP contribution in [0.15, 0.2) is 29.3 Å². The number of amides is 1. The van der Waals surface area contributed by atoms with Crippen LogP contribution in [0.1, 0.15) is 55.5 Å². The number of carbonyl (C=O) groups is 1. The van der Waals surface area contributed by atoms with Crippen LogP contribution >= 0.6 is 0 Å². The zero-order valence-corrected chi connectivity index (χ0v) is 13.9. The van der Waals surface area contributed by atoms with Crippen molar-refractivity contribution < 1.29 is 4.79 Å². The standard InChI is InChI=1S/C17H28N4O/c1-4-5-6-7-13(2)21-17(19-3)20-12-14-8-10-15(11-9-14)16(18)22/h8-11,13H,4-7,12H2,1-3H3,(H2,18,22)(H2,19,20,21). The zero-order valence-electron chi connectivity index (χ0n) is 13.9. The second-order valence-corrected chi connectivity index (χ2v) is 5.53. The van der Waals surface area contributed by atoms with E-state index in [0.717, 1.165) is 17.9 Å². The number of primary amides is 1. The van der Waals surface area contributed by atoms with Crippen molar-refractivity contribution in [2.24, 2.45) is 10.7 Å². The van der Waals surface area contributed by atoms with E-state index in [1.807, 2.05) is 12.1 Å². The average Bonchev–Trinajstić information content (AvgIpc) is 2.52. The molecule has 0 saturated heterocycles. The molecule has 1 aromatic rings. The van der Waals surface area contributed by atoms with Gasteiger partial charge in [-0.2, -0.15) is 0 Å². The van der Waals surface area contributed by atoms with Crippen molar-refractivity contribution >= 4 is 11.9 Å². The Morgan fingerprint density at radius 1 is 1.27 bits per heavy atom. The van der Waals surface area contributed by atoms with Crippen LogP contribution in [0.2, 0.25) is 0 Å². The van der Waals surface area contributed by atoms with Gasteiger partial charge in [-0.05, 0) is 31.0 Å². The molecule has 5 heteroatoms. The molecule has 122 valence electrons. The molecule has 0 heterocycles. The molecule has 1 rings (SSSR count). The number of unbranched alkanes of at least 4 members (excludes halogenated alkanes) is 2. The number of aliphatic imine (C=N–C) groups is 1. The minimum Gasteiger partial charge on any atom is -0.366 e. The number of nitrogens with one attached hydrogen (secondary N) is 2. The molecule has 0 saturated carbocycles. The maximum absolute atomic E-state index is 11.0. The monoisotopic (exact) mass is 304 g/mol.